The smallest absolute Gasteiger partial charge is 0.252 e. The van der Waals surface area contributed by atoms with Crippen molar-refractivity contribution in [2.75, 3.05) is 0 Å². The maximum atomic E-state index is 13.2. The van der Waals surface area contributed by atoms with Crippen LogP contribution >= 0.6 is 0 Å². The first kappa shape index (κ1) is 16.6. The van der Waals surface area contributed by atoms with Crippen molar-refractivity contribution >= 4 is 15.9 Å². The summed E-state index contributed by atoms with van der Waals surface area (Å²) in [6, 6.07) is 2.66. The lowest BCUT2D eigenvalue weighted by molar-refractivity contribution is 0.0924. The van der Waals surface area contributed by atoms with Crippen molar-refractivity contribution in [1.29, 1.82) is 0 Å². The molecule has 1 aromatic rings. The minimum Gasteiger partial charge on any atom is -0.349 e. The van der Waals surface area contributed by atoms with Gasteiger partial charge in [-0.05, 0) is 31.0 Å². The number of amides is 1. The van der Waals surface area contributed by atoms with Crippen molar-refractivity contribution in [3.8, 4) is 0 Å². The van der Waals surface area contributed by atoms with E-state index in [1.54, 1.807) is 0 Å². The Bertz CT molecular complexity index is 602. The molecule has 1 aromatic carbocycles. The minimum atomic E-state index is -4.08. The molecule has 0 saturated carbocycles. The van der Waals surface area contributed by atoms with Gasteiger partial charge in [0, 0.05) is 6.04 Å². The fourth-order valence-corrected chi connectivity index (χ4v) is 2.42. The Labute approximate surface area is 118 Å². The summed E-state index contributed by atoms with van der Waals surface area (Å²) in [6.07, 6.45) is 0.854. The lowest BCUT2D eigenvalue weighted by Crippen LogP contribution is -2.37. The second kappa shape index (κ2) is 6.32. The van der Waals surface area contributed by atoms with Crippen LogP contribution in [0.4, 0.5) is 4.39 Å². The van der Waals surface area contributed by atoms with E-state index in [4.69, 9.17) is 5.14 Å². The Morgan fingerprint density at radius 2 is 2.00 bits per heavy atom. The van der Waals surface area contributed by atoms with Crippen LogP contribution in [0.15, 0.2) is 23.1 Å². The quantitative estimate of drug-likeness (QED) is 0.866. The van der Waals surface area contributed by atoms with Gasteiger partial charge in [0.2, 0.25) is 10.0 Å². The first-order valence-corrected chi connectivity index (χ1v) is 7.84. The van der Waals surface area contributed by atoms with Crippen molar-refractivity contribution in [2.45, 2.75) is 38.1 Å². The summed E-state index contributed by atoms with van der Waals surface area (Å²) < 4.78 is 36.1. The standard InChI is InChI=1S/C13H19FN2O3S/c1-4-8(2)9(3)16-13(17)11-7-10(14)5-6-12(11)20(15,18)19/h5-9H,4H2,1-3H3,(H,16,17)(H2,15,18,19). The van der Waals surface area contributed by atoms with Gasteiger partial charge in [-0.25, -0.2) is 17.9 Å². The first-order valence-electron chi connectivity index (χ1n) is 6.30. The lowest BCUT2D eigenvalue weighted by Gasteiger charge is -2.20. The molecule has 1 rings (SSSR count). The number of primary sulfonamides is 1. The third kappa shape index (κ3) is 4.01. The molecular formula is C13H19FN2O3S. The number of rotatable bonds is 5. The summed E-state index contributed by atoms with van der Waals surface area (Å²) >= 11 is 0. The second-order valence-electron chi connectivity index (χ2n) is 4.83. The van der Waals surface area contributed by atoms with Crippen LogP contribution < -0.4 is 10.5 Å². The average Bonchev–Trinajstić information content (AvgIpc) is 2.35. The SMILES string of the molecule is CCC(C)C(C)NC(=O)c1cc(F)ccc1S(N)(=O)=O. The average molecular weight is 302 g/mol. The number of nitrogens with two attached hydrogens (primary N) is 1. The summed E-state index contributed by atoms with van der Waals surface area (Å²) in [7, 11) is -4.08. The predicted molar refractivity (Wildman–Crippen MR) is 74.2 cm³/mol. The maximum absolute atomic E-state index is 13.2. The molecule has 2 unspecified atom stereocenters. The molecule has 0 heterocycles. The summed E-state index contributed by atoms with van der Waals surface area (Å²) in [4.78, 5) is 11.7. The summed E-state index contributed by atoms with van der Waals surface area (Å²) in [5.74, 6) is -1.13. The normalized spacial score (nSPS) is 14.7. The Balaban J connectivity index is 3.13. The lowest BCUT2D eigenvalue weighted by atomic mass is 10.0. The van der Waals surface area contributed by atoms with Crippen LogP contribution in [0.25, 0.3) is 0 Å². The second-order valence-corrected chi connectivity index (χ2v) is 6.36. The monoisotopic (exact) mass is 302 g/mol. The number of sulfonamides is 1. The fraction of sp³-hybridized carbons (Fsp3) is 0.462. The van der Waals surface area contributed by atoms with E-state index >= 15 is 0 Å². The topological polar surface area (TPSA) is 89.3 Å². The van der Waals surface area contributed by atoms with Gasteiger partial charge in [-0.2, -0.15) is 0 Å². The van der Waals surface area contributed by atoms with E-state index < -0.39 is 21.7 Å². The molecule has 20 heavy (non-hydrogen) atoms. The molecule has 0 radical (unpaired) electrons. The van der Waals surface area contributed by atoms with Gasteiger partial charge in [0.25, 0.3) is 5.91 Å². The van der Waals surface area contributed by atoms with E-state index in [0.29, 0.717) is 0 Å². The van der Waals surface area contributed by atoms with Gasteiger partial charge >= 0.3 is 0 Å². The van der Waals surface area contributed by atoms with Crippen LogP contribution in [0, 0.1) is 11.7 Å². The number of hydrogen-bond acceptors (Lipinski definition) is 3. The van der Waals surface area contributed by atoms with Crippen LogP contribution in [0.5, 0.6) is 0 Å². The number of nitrogens with one attached hydrogen (secondary N) is 1. The van der Waals surface area contributed by atoms with Gasteiger partial charge in [-0.15, -0.1) is 0 Å². The molecule has 0 saturated heterocycles. The van der Waals surface area contributed by atoms with E-state index in [2.05, 4.69) is 5.32 Å². The van der Waals surface area contributed by atoms with Crippen LogP contribution in [-0.2, 0) is 10.0 Å². The van der Waals surface area contributed by atoms with E-state index in [-0.39, 0.29) is 22.4 Å². The van der Waals surface area contributed by atoms with E-state index in [9.17, 15) is 17.6 Å². The van der Waals surface area contributed by atoms with Crippen LogP contribution in [0.1, 0.15) is 37.6 Å². The van der Waals surface area contributed by atoms with Gasteiger partial charge in [-0.3, -0.25) is 4.79 Å². The van der Waals surface area contributed by atoms with E-state index in [0.717, 1.165) is 24.6 Å². The Morgan fingerprint density at radius 3 is 2.50 bits per heavy atom. The first-order chi connectivity index (χ1) is 9.16. The molecule has 0 aliphatic rings. The molecule has 5 nitrogen and oxygen atoms in total. The molecule has 112 valence electrons. The zero-order valence-corrected chi connectivity index (χ0v) is 12.5. The highest BCUT2D eigenvalue weighted by atomic mass is 32.2. The number of hydrogen-bond donors (Lipinski definition) is 2. The Hall–Kier alpha value is -1.47. The van der Waals surface area contributed by atoms with Crippen molar-refractivity contribution in [3.05, 3.63) is 29.6 Å². The van der Waals surface area contributed by atoms with Gasteiger partial charge in [-0.1, -0.05) is 20.3 Å². The largest absolute Gasteiger partial charge is 0.349 e. The van der Waals surface area contributed by atoms with Crippen molar-refractivity contribution in [3.63, 3.8) is 0 Å². The molecule has 0 aliphatic heterocycles. The van der Waals surface area contributed by atoms with Gasteiger partial charge in [0.1, 0.15) is 5.82 Å². The van der Waals surface area contributed by atoms with Gasteiger partial charge < -0.3 is 5.32 Å². The highest BCUT2D eigenvalue weighted by Crippen LogP contribution is 2.17. The van der Waals surface area contributed by atoms with Crippen molar-refractivity contribution in [2.24, 2.45) is 11.1 Å². The highest BCUT2D eigenvalue weighted by molar-refractivity contribution is 7.89. The zero-order chi connectivity index (χ0) is 15.5. The van der Waals surface area contributed by atoms with Crippen molar-refractivity contribution < 1.29 is 17.6 Å². The minimum absolute atomic E-state index is 0.163. The molecule has 0 bridgehead atoms. The molecule has 0 aliphatic carbocycles. The fourth-order valence-electron chi connectivity index (χ4n) is 1.71. The van der Waals surface area contributed by atoms with E-state index in [1.807, 2.05) is 20.8 Å². The number of benzene rings is 1. The molecule has 2 atom stereocenters. The van der Waals surface area contributed by atoms with Crippen molar-refractivity contribution in [1.82, 2.24) is 5.32 Å². The molecule has 1 amide bonds. The zero-order valence-electron chi connectivity index (χ0n) is 11.7. The molecule has 7 heteroatoms. The van der Waals surface area contributed by atoms with Crippen LogP contribution in [-0.4, -0.2) is 20.4 Å². The molecule has 3 N–H and O–H groups in total. The predicted octanol–water partition coefficient (Wildman–Crippen LogP) is 1.64. The van der Waals surface area contributed by atoms with Gasteiger partial charge in [0.05, 0.1) is 10.5 Å². The highest BCUT2D eigenvalue weighted by Gasteiger charge is 2.22. The number of halogens is 1. The summed E-state index contributed by atoms with van der Waals surface area (Å²) in [6.45, 7) is 5.74. The third-order valence-corrected chi connectivity index (χ3v) is 4.32. The maximum Gasteiger partial charge on any atom is 0.252 e. The Kier molecular flexibility index (Phi) is 5.24. The van der Waals surface area contributed by atoms with E-state index in [1.165, 1.54) is 0 Å². The molecular weight excluding hydrogens is 283 g/mol. The summed E-state index contributed by atoms with van der Waals surface area (Å²) in [5.41, 5.74) is -0.275. The van der Waals surface area contributed by atoms with Crippen LogP contribution in [0.2, 0.25) is 0 Å². The number of carbonyl (C=O) groups excluding carboxylic acids is 1. The number of carbonyl (C=O) groups is 1. The van der Waals surface area contributed by atoms with Crippen LogP contribution in [0.3, 0.4) is 0 Å². The molecule has 0 fully saturated rings. The third-order valence-electron chi connectivity index (χ3n) is 3.35. The Morgan fingerprint density at radius 1 is 1.40 bits per heavy atom. The summed E-state index contributed by atoms with van der Waals surface area (Å²) in [5, 5.41) is 7.69. The molecule has 0 spiro atoms. The molecule has 0 aromatic heterocycles. The van der Waals surface area contributed by atoms with Gasteiger partial charge in [0.15, 0.2) is 0 Å².